The van der Waals surface area contributed by atoms with Gasteiger partial charge >= 0.3 is 5.69 Å². The van der Waals surface area contributed by atoms with Crippen molar-refractivity contribution in [1.82, 2.24) is 9.88 Å². The molecule has 0 aliphatic carbocycles. The van der Waals surface area contributed by atoms with Crippen LogP contribution in [0.3, 0.4) is 0 Å². The van der Waals surface area contributed by atoms with Crippen molar-refractivity contribution in [3.8, 4) is 11.8 Å². The highest BCUT2D eigenvalue weighted by Crippen LogP contribution is 2.25. The Kier molecular flexibility index (Phi) is 5.63. The smallest absolute Gasteiger partial charge is 0.309 e. The van der Waals surface area contributed by atoms with Gasteiger partial charge in [0.05, 0.1) is 36.5 Å². The lowest BCUT2D eigenvalue weighted by Gasteiger charge is -2.26. The van der Waals surface area contributed by atoms with Crippen molar-refractivity contribution in [3.05, 3.63) is 27.6 Å². The predicted molar refractivity (Wildman–Crippen MR) is 77.7 cm³/mol. The van der Waals surface area contributed by atoms with E-state index in [1.54, 1.807) is 13.0 Å². The van der Waals surface area contributed by atoms with E-state index >= 15 is 0 Å². The molecule has 0 bridgehead atoms. The Bertz CT molecular complexity index is 579. The third kappa shape index (κ3) is 4.13. The van der Waals surface area contributed by atoms with Crippen LogP contribution in [-0.4, -0.2) is 54.3 Å². The Balaban J connectivity index is 1.90. The lowest BCUT2D eigenvalue weighted by molar-refractivity contribution is -0.385. The Hall–Kier alpha value is -2.24. The van der Waals surface area contributed by atoms with Crippen LogP contribution >= 0.6 is 0 Å². The summed E-state index contributed by atoms with van der Waals surface area (Å²) in [6.07, 6.45) is 0.813. The maximum absolute atomic E-state index is 10.9. The molecule has 0 unspecified atom stereocenters. The molecule has 1 aliphatic heterocycles. The SMILES string of the molecule is Cc1nc(C#N)c([N+](=O)[O-])cc1OCCCN1CCOCC1. The fourth-order valence-corrected chi connectivity index (χ4v) is 2.24. The number of hydrogen-bond donors (Lipinski definition) is 0. The van der Waals surface area contributed by atoms with Gasteiger partial charge in [-0.2, -0.15) is 5.26 Å². The molecule has 0 atom stereocenters. The van der Waals surface area contributed by atoms with Gasteiger partial charge in [0, 0.05) is 19.6 Å². The number of ether oxygens (including phenoxy) is 2. The van der Waals surface area contributed by atoms with Crippen molar-refractivity contribution in [2.24, 2.45) is 0 Å². The van der Waals surface area contributed by atoms with Crippen LogP contribution < -0.4 is 4.74 Å². The second-order valence-electron chi connectivity index (χ2n) is 4.96. The summed E-state index contributed by atoms with van der Waals surface area (Å²) in [4.78, 5) is 16.5. The van der Waals surface area contributed by atoms with Gasteiger partial charge in [-0.15, -0.1) is 0 Å². The van der Waals surface area contributed by atoms with E-state index in [9.17, 15) is 10.1 Å². The average Bonchev–Trinajstić information content (AvgIpc) is 2.53. The molecule has 0 N–H and O–H groups in total. The third-order valence-corrected chi connectivity index (χ3v) is 3.43. The van der Waals surface area contributed by atoms with E-state index in [-0.39, 0.29) is 11.4 Å². The van der Waals surface area contributed by atoms with Crippen LogP contribution in [0.15, 0.2) is 6.07 Å². The molecule has 1 aliphatic rings. The van der Waals surface area contributed by atoms with Gasteiger partial charge < -0.3 is 9.47 Å². The molecule has 22 heavy (non-hydrogen) atoms. The van der Waals surface area contributed by atoms with Gasteiger partial charge in [0.2, 0.25) is 5.69 Å². The molecule has 0 aromatic carbocycles. The quantitative estimate of drug-likeness (QED) is 0.443. The largest absolute Gasteiger partial charge is 0.491 e. The lowest BCUT2D eigenvalue weighted by atomic mass is 10.2. The minimum absolute atomic E-state index is 0.192. The highest BCUT2D eigenvalue weighted by Gasteiger charge is 2.19. The van der Waals surface area contributed by atoms with Gasteiger partial charge in [0.1, 0.15) is 11.8 Å². The fraction of sp³-hybridized carbons (Fsp3) is 0.571. The number of rotatable bonds is 6. The Morgan fingerprint density at radius 3 is 2.91 bits per heavy atom. The number of nitriles is 1. The zero-order valence-electron chi connectivity index (χ0n) is 12.4. The van der Waals surface area contributed by atoms with Gasteiger partial charge in [-0.1, -0.05) is 0 Å². The predicted octanol–water partition coefficient (Wildman–Crippen LogP) is 1.27. The average molecular weight is 306 g/mol. The number of morpholine rings is 1. The van der Waals surface area contributed by atoms with Crippen molar-refractivity contribution < 1.29 is 14.4 Å². The summed E-state index contributed by atoms with van der Waals surface area (Å²) >= 11 is 0. The molecule has 1 aromatic heterocycles. The lowest BCUT2D eigenvalue weighted by Crippen LogP contribution is -2.37. The zero-order valence-corrected chi connectivity index (χ0v) is 12.4. The third-order valence-electron chi connectivity index (χ3n) is 3.43. The van der Waals surface area contributed by atoms with Crippen LogP contribution in [0.2, 0.25) is 0 Å². The van der Waals surface area contributed by atoms with E-state index in [2.05, 4.69) is 9.88 Å². The van der Waals surface area contributed by atoms with Crippen LogP contribution in [0.4, 0.5) is 5.69 Å². The molecule has 1 aromatic rings. The molecule has 0 amide bonds. The van der Waals surface area contributed by atoms with Crippen molar-refractivity contribution in [3.63, 3.8) is 0 Å². The van der Waals surface area contributed by atoms with Gasteiger partial charge in [-0.3, -0.25) is 15.0 Å². The summed E-state index contributed by atoms with van der Waals surface area (Å²) in [5.41, 5.74) is -0.0343. The van der Waals surface area contributed by atoms with E-state index in [1.807, 2.05) is 0 Å². The van der Waals surface area contributed by atoms with Crippen LogP contribution in [0.25, 0.3) is 0 Å². The molecule has 118 valence electrons. The van der Waals surface area contributed by atoms with Crippen molar-refractivity contribution in [2.45, 2.75) is 13.3 Å². The highest BCUT2D eigenvalue weighted by molar-refractivity contribution is 5.49. The molecule has 1 fully saturated rings. The summed E-state index contributed by atoms with van der Waals surface area (Å²) < 4.78 is 10.9. The second-order valence-corrected chi connectivity index (χ2v) is 4.96. The molecule has 1 saturated heterocycles. The summed E-state index contributed by atoms with van der Waals surface area (Å²) in [6.45, 7) is 6.36. The van der Waals surface area contributed by atoms with Gasteiger partial charge in [0.15, 0.2) is 0 Å². The first-order valence-corrected chi connectivity index (χ1v) is 7.11. The molecule has 0 spiro atoms. The van der Waals surface area contributed by atoms with Crippen molar-refractivity contribution >= 4 is 5.69 Å². The number of hydrogen-bond acceptors (Lipinski definition) is 7. The second kappa shape index (κ2) is 7.68. The minimum Gasteiger partial charge on any atom is -0.491 e. The molecular weight excluding hydrogens is 288 g/mol. The molecule has 8 heteroatoms. The Morgan fingerprint density at radius 1 is 1.55 bits per heavy atom. The molecule has 2 rings (SSSR count). The molecular formula is C14H18N4O4. The van der Waals surface area contributed by atoms with Crippen molar-refractivity contribution in [1.29, 1.82) is 5.26 Å². The monoisotopic (exact) mass is 306 g/mol. The number of nitrogens with zero attached hydrogens (tertiary/aromatic N) is 4. The summed E-state index contributed by atoms with van der Waals surface area (Å²) in [7, 11) is 0. The van der Waals surface area contributed by atoms with E-state index in [1.165, 1.54) is 6.07 Å². The first-order chi connectivity index (χ1) is 10.6. The van der Waals surface area contributed by atoms with E-state index < -0.39 is 4.92 Å². The first-order valence-electron chi connectivity index (χ1n) is 7.11. The Morgan fingerprint density at radius 2 is 2.27 bits per heavy atom. The Labute approximate surface area is 128 Å². The maximum atomic E-state index is 10.9. The van der Waals surface area contributed by atoms with Crippen LogP contribution in [0.5, 0.6) is 5.75 Å². The highest BCUT2D eigenvalue weighted by atomic mass is 16.6. The summed E-state index contributed by atoms with van der Waals surface area (Å²) in [5.74, 6) is 0.354. The van der Waals surface area contributed by atoms with E-state index in [0.29, 0.717) is 18.1 Å². The number of aromatic nitrogens is 1. The van der Waals surface area contributed by atoms with Crippen LogP contribution in [0.1, 0.15) is 17.8 Å². The minimum atomic E-state index is -0.619. The standard InChI is InChI=1S/C14H18N4O4/c1-11-14(9-13(18(19)20)12(10-15)16-11)22-6-2-3-17-4-7-21-8-5-17/h9H,2-8H2,1H3. The van der Waals surface area contributed by atoms with Gasteiger partial charge in [-0.05, 0) is 13.3 Å². The molecule has 2 heterocycles. The zero-order chi connectivity index (χ0) is 15.9. The van der Waals surface area contributed by atoms with E-state index in [0.717, 1.165) is 39.3 Å². The fourth-order valence-electron chi connectivity index (χ4n) is 2.24. The number of pyridine rings is 1. The molecule has 0 saturated carbocycles. The maximum Gasteiger partial charge on any atom is 0.309 e. The van der Waals surface area contributed by atoms with Crippen molar-refractivity contribution in [2.75, 3.05) is 39.5 Å². The number of aryl methyl sites for hydroxylation is 1. The van der Waals surface area contributed by atoms with Gasteiger partial charge in [-0.25, -0.2) is 4.98 Å². The number of nitro groups is 1. The summed E-state index contributed by atoms with van der Waals surface area (Å²) in [6, 6.07) is 3.00. The molecule has 0 radical (unpaired) electrons. The van der Waals surface area contributed by atoms with Crippen LogP contribution in [-0.2, 0) is 4.74 Å². The van der Waals surface area contributed by atoms with Crippen LogP contribution in [0, 0.1) is 28.4 Å². The molecule has 8 nitrogen and oxygen atoms in total. The normalized spacial score (nSPS) is 15.3. The van der Waals surface area contributed by atoms with Gasteiger partial charge in [0.25, 0.3) is 0 Å². The first kappa shape index (κ1) is 16.1. The topological polar surface area (TPSA) is 102 Å². The van der Waals surface area contributed by atoms with E-state index in [4.69, 9.17) is 14.7 Å². The summed E-state index contributed by atoms with van der Waals surface area (Å²) in [5, 5.41) is 19.8.